The van der Waals surface area contributed by atoms with Gasteiger partial charge >= 0.3 is 0 Å². The van der Waals surface area contributed by atoms with Gasteiger partial charge in [0.1, 0.15) is 6.04 Å². The minimum atomic E-state index is -0.548. The summed E-state index contributed by atoms with van der Waals surface area (Å²) in [7, 11) is 0. The fourth-order valence-electron chi connectivity index (χ4n) is 3.11. The van der Waals surface area contributed by atoms with Crippen molar-refractivity contribution in [2.45, 2.75) is 58.0 Å². The van der Waals surface area contributed by atoms with Crippen molar-refractivity contribution in [3.05, 3.63) is 69.7 Å². The van der Waals surface area contributed by atoms with Crippen LogP contribution in [0.4, 0.5) is 0 Å². The van der Waals surface area contributed by atoms with Crippen LogP contribution < -0.4 is 5.32 Å². The van der Waals surface area contributed by atoms with E-state index in [0.29, 0.717) is 28.8 Å². The van der Waals surface area contributed by atoms with Crippen molar-refractivity contribution in [3.63, 3.8) is 0 Å². The Labute approximate surface area is 199 Å². The highest BCUT2D eigenvalue weighted by Crippen LogP contribution is 2.24. The number of hydrogen-bond donors (Lipinski definition) is 1. The highest BCUT2D eigenvalue weighted by molar-refractivity contribution is 7.99. The third kappa shape index (κ3) is 8.06. The number of nitrogens with zero attached hydrogens (tertiary/aromatic N) is 1. The molecule has 2 rings (SSSR count). The number of thioether (sulfide) groups is 1. The first-order valence-electron chi connectivity index (χ1n) is 10.5. The minimum Gasteiger partial charge on any atom is -0.352 e. The molecule has 2 aromatic carbocycles. The smallest absolute Gasteiger partial charge is 0.243 e. The zero-order valence-electron chi connectivity index (χ0n) is 18.2. The summed E-state index contributed by atoms with van der Waals surface area (Å²) in [5.74, 6) is 0.836. The summed E-state index contributed by atoms with van der Waals surface area (Å²) in [5, 5.41) is 3.91. The van der Waals surface area contributed by atoms with E-state index in [4.69, 9.17) is 23.2 Å². The molecular weight excluding hydrogens is 451 g/mol. The molecule has 2 amide bonds. The molecule has 0 saturated heterocycles. The van der Waals surface area contributed by atoms with Gasteiger partial charge in [0, 0.05) is 18.3 Å². The maximum absolute atomic E-state index is 13.2. The van der Waals surface area contributed by atoms with Gasteiger partial charge < -0.3 is 10.2 Å². The summed E-state index contributed by atoms with van der Waals surface area (Å²) >= 11 is 13.8. The van der Waals surface area contributed by atoms with Crippen LogP contribution in [0.1, 0.15) is 44.7 Å². The van der Waals surface area contributed by atoms with Crippen molar-refractivity contribution in [2.75, 3.05) is 5.75 Å². The van der Waals surface area contributed by atoms with E-state index in [9.17, 15) is 9.59 Å². The Bertz CT molecular complexity index is 864. The second kappa shape index (κ2) is 13.0. The van der Waals surface area contributed by atoms with E-state index >= 15 is 0 Å². The molecule has 1 N–H and O–H groups in total. The SMILES string of the molecule is CC[C@H](C(=O)N[C@@H](C)CC)N(Cc1ccc(Cl)c(Cl)c1)C(=O)CSCc1ccccc1. The van der Waals surface area contributed by atoms with Crippen molar-refractivity contribution in [1.82, 2.24) is 10.2 Å². The standard InChI is InChI=1S/C24H30Cl2N2O2S/c1-4-17(3)27-24(30)22(5-2)28(14-19-11-12-20(25)21(26)13-19)23(29)16-31-15-18-9-7-6-8-10-18/h6-13,17,22H,4-5,14-16H2,1-3H3,(H,27,30)/t17-,22+/m0/s1. The molecule has 0 spiro atoms. The van der Waals surface area contributed by atoms with E-state index in [1.165, 1.54) is 0 Å². The molecule has 0 aromatic heterocycles. The maximum Gasteiger partial charge on any atom is 0.243 e. The summed E-state index contributed by atoms with van der Waals surface area (Å²) in [6.07, 6.45) is 1.36. The number of amides is 2. The van der Waals surface area contributed by atoms with E-state index in [-0.39, 0.29) is 17.9 Å². The Morgan fingerprint density at radius 3 is 2.32 bits per heavy atom. The highest BCUT2D eigenvalue weighted by atomic mass is 35.5. The molecule has 0 radical (unpaired) electrons. The van der Waals surface area contributed by atoms with Crippen molar-refractivity contribution in [1.29, 1.82) is 0 Å². The lowest BCUT2D eigenvalue weighted by Crippen LogP contribution is -2.51. The number of nitrogens with one attached hydrogen (secondary N) is 1. The van der Waals surface area contributed by atoms with Crippen molar-refractivity contribution in [2.24, 2.45) is 0 Å². The van der Waals surface area contributed by atoms with Crippen LogP contribution in [-0.2, 0) is 21.9 Å². The summed E-state index contributed by atoms with van der Waals surface area (Å²) in [5.41, 5.74) is 2.00. The second-order valence-corrected chi connectivity index (χ2v) is 9.29. The van der Waals surface area contributed by atoms with Gasteiger partial charge in [-0.05, 0) is 43.0 Å². The molecule has 31 heavy (non-hydrogen) atoms. The van der Waals surface area contributed by atoms with E-state index in [2.05, 4.69) is 5.32 Å². The Morgan fingerprint density at radius 1 is 1.00 bits per heavy atom. The van der Waals surface area contributed by atoms with Crippen LogP contribution in [-0.4, -0.2) is 34.6 Å². The first kappa shape index (κ1) is 25.6. The van der Waals surface area contributed by atoms with Gasteiger partial charge in [0.15, 0.2) is 0 Å². The molecule has 2 aromatic rings. The minimum absolute atomic E-state index is 0.0518. The predicted molar refractivity (Wildman–Crippen MR) is 132 cm³/mol. The number of carbonyl (C=O) groups is 2. The van der Waals surface area contributed by atoms with Gasteiger partial charge in [0.25, 0.3) is 0 Å². The second-order valence-electron chi connectivity index (χ2n) is 7.49. The molecule has 7 heteroatoms. The largest absolute Gasteiger partial charge is 0.352 e. The summed E-state index contributed by atoms with van der Waals surface area (Å²) in [4.78, 5) is 27.8. The number of hydrogen-bond acceptors (Lipinski definition) is 3. The van der Waals surface area contributed by atoms with Gasteiger partial charge in [0.2, 0.25) is 11.8 Å². The lowest BCUT2D eigenvalue weighted by Gasteiger charge is -2.31. The fourth-order valence-corrected chi connectivity index (χ4v) is 4.30. The molecule has 4 nitrogen and oxygen atoms in total. The van der Waals surface area contributed by atoms with Crippen molar-refractivity contribution < 1.29 is 9.59 Å². The van der Waals surface area contributed by atoms with Crippen molar-refractivity contribution in [3.8, 4) is 0 Å². The molecule has 168 valence electrons. The van der Waals surface area contributed by atoms with Gasteiger partial charge in [-0.25, -0.2) is 0 Å². The van der Waals surface area contributed by atoms with Crippen LogP contribution in [0.2, 0.25) is 10.0 Å². The predicted octanol–water partition coefficient (Wildman–Crippen LogP) is 5.95. The average Bonchev–Trinajstić information content (AvgIpc) is 2.76. The number of rotatable bonds is 11. The summed E-state index contributed by atoms with van der Waals surface area (Å²) in [6, 6.07) is 14.8. The van der Waals surface area contributed by atoms with Gasteiger partial charge in [-0.1, -0.05) is 73.4 Å². The van der Waals surface area contributed by atoms with Crippen LogP contribution in [0, 0.1) is 0 Å². The first-order valence-corrected chi connectivity index (χ1v) is 12.4. The zero-order chi connectivity index (χ0) is 22.8. The van der Waals surface area contributed by atoms with Crippen molar-refractivity contribution >= 4 is 46.8 Å². The normalized spacial score (nSPS) is 12.8. The average molecular weight is 481 g/mol. The molecule has 0 aliphatic rings. The van der Waals surface area contributed by atoms with E-state index in [1.54, 1.807) is 28.8 Å². The van der Waals surface area contributed by atoms with Crippen LogP contribution in [0.3, 0.4) is 0 Å². The summed E-state index contributed by atoms with van der Waals surface area (Å²) in [6.45, 7) is 6.21. The van der Waals surface area contributed by atoms with E-state index in [1.807, 2.05) is 57.2 Å². The number of carbonyl (C=O) groups excluding carboxylic acids is 2. The van der Waals surface area contributed by atoms with E-state index < -0.39 is 6.04 Å². The molecule has 0 aliphatic heterocycles. The topological polar surface area (TPSA) is 49.4 Å². The molecular formula is C24H30Cl2N2O2S. The van der Waals surface area contributed by atoms with Crippen LogP contribution >= 0.6 is 35.0 Å². The van der Waals surface area contributed by atoms with Crippen LogP contribution in [0.25, 0.3) is 0 Å². The monoisotopic (exact) mass is 480 g/mol. The van der Waals surface area contributed by atoms with Gasteiger partial charge in [0.05, 0.1) is 15.8 Å². The van der Waals surface area contributed by atoms with Gasteiger partial charge in [-0.15, -0.1) is 11.8 Å². The Balaban J connectivity index is 2.17. The van der Waals surface area contributed by atoms with Crippen LogP contribution in [0.5, 0.6) is 0 Å². The molecule has 0 aliphatic carbocycles. The van der Waals surface area contributed by atoms with Gasteiger partial charge in [-0.3, -0.25) is 9.59 Å². The van der Waals surface area contributed by atoms with Crippen LogP contribution in [0.15, 0.2) is 48.5 Å². The number of halogens is 2. The molecule has 0 saturated carbocycles. The molecule has 0 fully saturated rings. The fraction of sp³-hybridized carbons (Fsp3) is 0.417. The molecule has 0 heterocycles. The maximum atomic E-state index is 13.2. The number of benzene rings is 2. The molecule has 0 unspecified atom stereocenters. The highest BCUT2D eigenvalue weighted by Gasteiger charge is 2.29. The zero-order valence-corrected chi connectivity index (χ0v) is 20.6. The van der Waals surface area contributed by atoms with Gasteiger partial charge in [-0.2, -0.15) is 0 Å². The Kier molecular flexibility index (Phi) is 10.7. The lowest BCUT2D eigenvalue weighted by atomic mass is 10.1. The lowest BCUT2D eigenvalue weighted by molar-refractivity contribution is -0.139. The molecule has 0 bridgehead atoms. The third-order valence-corrected chi connectivity index (χ3v) is 6.79. The Hall–Kier alpha value is -1.69. The van der Waals surface area contributed by atoms with E-state index in [0.717, 1.165) is 23.3 Å². The first-order chi connectivity index (χ1) is 14.8. The summed E-state index contributed by atoms with van der Waals surface area (Å²) < 4.78 is 0. The third-order valence-electron chi connectivity index (χ3n) is 5.06. The Morgan fingerprint density at radius 2 is 1.71 bits per heavy atom. The quantitative estimate of drug-likeness (QED) is 0.432. The molecule has 2 atom stereocenters.